The Kier molecular flexibility index (Phi) is 5.71. The third kappa shape index (κ3) is 4.35. The highest BCUT2D eigenvalue weighted by molar-refractivity contribution is 8.26. The van der Waals surface area contributed by atoms with E-state index < -0.39 is 29.0 Å². The zero-order chi connectivity index (χ0) is 20.3. The van der Waals surface area contributed by atoms with E-state index in [1.807, 2.05) is 30.3 Å². The molecule has 3 rings (SSSR count). The average Bonchev–Trinajstić information content (AvgIpc) is 2.91. The second-order valence-corrected chi connectivity index (χ2v) is 7.34. The summed E-state index contributed by atoms with van der Waals surface area (Å²) in [5, 5.41) is 24.9. The van der Waals surface area contributed by atoms with Crippen molar-refractivity contribution in [3.63, 3.8) is 0 Å². The lowest BCUT2D eigenvalue weighted by Gasteiger charge is -2.17. The SMILES string of the molecule is O=C(CN1C(=O)/C(=C/c2ccccc2)SC1=S)Nc1cc([N+](=O)[O-])ccc1[O-]. The summed E-state index contributed by atoms with van der Waals surface area (Å²) in [7, 11) is 0. The van der Waals surface area contributed by atoms with Gasteiger partial charge in [-0.25, -0.2) is 0 Å². The Morgan fingerprint density at radius 3 is 2.64 bits per heavy atom. The van der Waals surface area contributed by atoms with Gasteiger partial charge in [-0.15, -0.1) is 0 Å². The van der Waals surface area contributed by atoms with Gasteiger partial charge in [-0.05, 0) is 11.6 Å². The third-order valence-corrected chi connectivity index (χ3v) is 5.10. The van der Waals surface area contributed by atoms with E-state index in [9.17, 15) is 24.8 Å². The zero-order valence-corrected chi connectivity index (χ0v) is 15.8. The third-order valence-electron chi connectivity index (χ3n) is 3.72. The first-order valence-electron chi connectivity index (χ1n) is 7.91. The molecule has 0 atom stereocenters. The van der Waals surface area contributed by atoms with Gasteiger partial charge >= 0.3 is 0 Å². The van der Waals surface area contributed by atoms with Crippen LogP contribution in [0.25, 0.3) is 6.08 Å². The molecule has 1 heterocycles. The van der Waals surface area contributed by atoms with E-state index in [0.717, 1.165) is 40.4 Å². The van der Waals surface area contributed by atoms with Crippen molar-refractivity contribution in [2.75, 3.05) is 11.9 Å². The molecule has 10 heteroatoms. The van der Waals surface area contributed by atoms with Crippen molar-refractivity contribution in [2.45, 2.75) is 0 Å². The van der Waals surface area contributed by atoms with Crippen LogP contribution in [0.4, 0.5) is 11.4 Å². The van der Waals surface area contributed by atoms with Gasteiger partial charge < -0.3 is 10.4 Å². The van der Waals surface area contributed by atoms with Gasteiger partial charge in [0.2, 0.25) is 5.91 Å². The van der Waals surface area contributed by atoms with Crippen molar-refractivity contribution >= 4 is 57.6 Å². The fourth-order valence-corrected chi connectivity index (χ4v) is 3.65. The number of benzene rings is 2. The van der Waals surface area contributed by atoms with Gasteiger partial charge in [0.15, 0.2) is 0 Å². The number of thioether (sulfide) groups is 1. The molecule has 0 aromatic heterocycles. The number of nitro benzene ring substituents is 1. The van der Waals surface area contributed by atoms with Crippen LogP contribution in [0.5, 0.6) is 5.75 Å². The minimum Gasteiger partial charge on any atom is -0.871 e. The molecule has 0 bridgehead atoms. The van der Waals surface area contributed by atoms with E-state index in [1.54, 1.807) is 6.08 Å². The van der Waals surface area contributed by atoms with E-state index in [1.165, 1.54) is 0 Å². The van der Waals surface area contributed by atoms with Crippen LogP contribution in [0.3, 0.4) is 0 Å². The number of rotatable bonds is 5. The average molecular weight is 414 g/mol. The van der Waals surface area contributed by atoms with Gasteiger partial charge in [-0.3, -0.25) is 24.6 Å². The van der Waals surface area contributed by atoms with Crippen molar-refractivity contribution in [2.24, 2.45) is 0 Å². The summed E-state index contributed by atoms with van der Waals surface area (Å²) >= 11 is 6.24. The lowest BCUT2D eigenvalue weighted by atomic mass is 10.2. The van der Waals surface area contributed by atoms with Gasteiger partial charge in [-0.2, -0.15) is 0 Å². The quantitative estimate of drug-likeness (QED) is 0.346. The van der Waals surface area contributed by atoms with Crippen molar-refractivity contribution in [1.29, 1.82) is 0 Å². The first-order chi connectivity index (χ1) is 13.3. The minimum atomic E-state index is -0.685. The lowest BCUT2D eigenvalue weighted by molar-refractivity contribution is -0.385. The summed E-state index contributed by atoms with van der Waals surface area (Å²) in [6, 6.07) is 12.2. The maximum absolute atomic E-state index is 12.5. The molecule has 1 aliphatic rings. The van der Waals surface area contributed by atoms with E-state index >= 15 is 0 Å². The molecule has 28 heavy (non-hydrogen) atoms. The molecule has 0 spiro atoms. The predicted molar refractivity (Wildman–Crippen MR) is 107 cm³/mol. The number of hydrogen-bond acceptors (Lipinski definition) is 7. The van der Waals surface area contributed by atoms with Crippen LogP contribution in [0.15, 0.2) is 53.4 Å². The van der Waals surface area contributed by atoms with Crippen LogP contribution in [0.2, 0.25) is 0 Å². The monoisotopic (exact) mass is 414 g/mol. The van der Waals surface area contributed by atoms with Crippen molar-refractivity contribution in [1.82, 2.24) is 4.90 Å². The zero-order valence-electron chi connectivity index (χ0n) is 14.2. The highest BCUT2D eigenvalue weighted by atomic mass is 32.2. The number of thiocarbonyl (C=S) groups is 1. The Hall–Kier alpha value is -3.24. The second-order valence-electron chi connectivity index (χ2n) is 5.66. The van der Waals surface area contributed by atoms with Gasteiger partial charge in [0, 0.05) is 17.8 Å². The molecule has 2 aromatic rings. The molecule has 8 nitrogen and oxygen atoms in total. The number of nitro groups is 1. The van der Waals surface area contributed by atoms with E-state index in [0.29, 0.717) is 4.91 Å². The molecule has 1 N–H and O–H groups in total. The Morgan fingerprint density at radius 2 is 1.96 bits per heavy atom. The molecule has 1 aliphatic heterocycles. The van der Waals surface area contributed by atoms with Crippen molar-refractivity contribution in [3.05, 3.63) is 69.1 Å². The minimum absolute atomic E-state index is 0.212. The first-order valence-corrected chi connectivity index (χ1v) is 9.13. The Morgan fingerprint density at radius 1 is 1.25 bits per heavy atom. The van der Waals surface area contributed by atoms with E-state index in [4.69, 9.17) is 12.2 Å². The molecular formula is C18H12N3O5S2-. The number of hydrogen-bond donors (Lipinski definition) is 1. The summed E-state index contributed by atoms with van der Waals surface area (Å²) in [5.74, 6) is -1.68. The van der Waals surface area contributed by atoms with Crippen LogP contribution in [-0.4, -0.2) is 32.5 Å². The van der Waals surface area contributed by atoms with Crippen LogP contribution in [0, 0.1) is 10.1 Å². The molecule has 1 saturated heterocycles. The highest BCUT2D eigenvalue weighted by Crippen LogP contribution is 2.32. The smallest absolute Gasteiger partial charge is 0.271 e. The second kappa shape index (κ2) is 8.19. The van der Waals surface area contributed by atoms with E-state index in [-0.39, 0.29) is 15.7 Å². The number of anilines is 1. The van der Waals surface area contributed by atoms with Gasteiger partial charge in [-0.1, -0.05) is 66.1 Å². The van der Waals surface area contributed by atoms with Gasteiger partial charge in [0.05, 0.1) is 9.83 Å². The Bertz CT molecular complexity index is 1010. The molecular weight excluding hydrogens is 402 g/mol. The maximum Gasteiger partial charge on any atom is 0.271 e. The molecule has 2 aromatic carbocycles. The lowest BCUT2D eigenvalue weighted by Crippen LogP contribution is -2.36. The first kappa shape index (κ1) is 19.5. The summed E-state index contributed by atoms with van der Waals surface area (Å²) in [6.45, 7) is -0.404. The summed E-state index contributed by atoms with van der Waals surface area (Å²) in [4.78, 5) is 36.4. The number of amides is 2. The predicted octanol–water partition coefficient (Wildman–Crippen LogP) is 2.51. The molecule has 0 unspecified atom stereocenters. The topological polar surface area (TPSA) is 116 Å². The standard InChI is InChI=1S/C18H13N3O5S2/c22-14-7-6-12(21(25)26)9-13(14)19-16(23)10-20-17(24)15(28-18(20)27)8-11-4-2-1-3-5-11/h1-9,22H,10H2,(H,19,23)/p-1/b15-8-. The number of carbonyl (C=O) groups excluding carboxylic acids is 2. The van der Waals surface area contributed by atoms with Gasteiger partial charge in [0.1, 0.15) is 10.9 Å². The number of non-ortho nitro benzene ring substituents is 1. The highest BCUT2D eigenvalue weighted by Gasteiger charge is 2.33. The fraction of sp³-hybridized carbons (Fsp3) is 0.0556. The Labute approximate surface area is 169 Å². The number of carbonyl (C=O) groups is 2. The van der Waals surface area contributed by atoms with E-state index in [2.05, 4.69) is 5.32 Å². The fourth-order valence-electron chi connectivity index (χ4n) is 2.40. The van der Waals surface area contributed by atoms with Crippen LogP contribution < -0.4 is 10.4 Å². The molecule has 2 amide bonds. The van der Waals surface area contributed by atoms with Gasteiger partial charge in [0.25, 0.3) is 11.6 Å². The summed E-state index contributed by atoms with van der Waals surface area (Å²) in [5.41, 5.74) is 0.260. The summed E-state index contributed by atoms with van der Waals surface area (Å²) < 4.78 is 0.212. The molecule has 0 saturated carbocycles. The van der Waals surface area contributed by atoms with Crippen LogP contribution in [-0.2, 0) is 9.59 Å². The van der Waals surface area contributed by atoms with Crippen molar-refractivity contribution < 1.29 is 19.6 Å². The normalized spacial score (nSPS) is 15.1. The van der Waals surface area contributed by atoms with Crippen molar-refractivity contribution in [3.8, 4) is 5.75 Å². The largest absolute Gasteiger partial charge is 0.871 e. The summed E-state index contributed by atoms with van der Waals surface area (Å²) in [6.07, 6.45) is 1.67. The van der Waals surface area contributed by atoms with Crippen LogP contribution >= 0.6 is 24.0 Å². The number of nitrogens with zero attached hydrogens (tertiary/aromatic N) is 2. The molecule has 0 aliphatic carbocycles. The molecule has 142 valence electrons. The maximum atomic E-state index is 12.5. The van der Waals surface area contributed by atoms with Crippen LogP contribution in [0.1, 0.15) is 5.56 Å². The molecule has 0 radical (unpaired) electrons. The molecule has 1 fully saturated rings. The Balaban J connectivity index is 1.72. The number of nitrogens with one attached hydrogen (secondary N) is 1.